The van der Waals surface area contributed by atoms with E-state index >= 15 is 0 Å². The molecule has 1 aliphatic carbocycles. The van der Waals surface area contributed by atoms with Crippen LogP contribution in [0.1, 0.15) is 48.5 Å². The predicted molar refractivity (Wildman–Crippen MR) is 83.2 cm³/mol. The molecule has 2 nitrogen and oxygen atoms in total. The highest BCUT2D eigenvalue weighted by atomic mass is 16.3. The molecule has 0 heterocycles. The molecule has 0 bridgehead atoms. The first-order chi connectivity index (χ1) is 8.29. The fourth-order valence-corrected chi connectivity index (χ4v) is 2.51. The SMILES string of the molecule is CN(C)C1(C)C=C(C(C)(C)C)C(O)C(C(C)(C)C)=C1. The van der Waals surface area contributed by atoms with Gasteiger partial charge in [0, 0.05) is 0 Å². The Morgan fingerprint density at radius 1 is 0.947 bits per heavy atom. The quantitative estimate of drug-likeness (QED) is 0.732. The highest BCUT2D eigenvalue weighted by Gasteiger charge is 2.39. The molecule has 0 saturated heterocycles. The minimum atomic E-state index is -0.465. The number of hydrogen-bond acceptors (Lipinski definition) is 2. The summed E-state index contributed by atoms with van der Waals surface area (Å²) < 4.78 is 0. The van der Waals surface area contributed by atoms with Gasteiger partial charge >= 0.3 is 0 Å². The number of aliphatic hydroxyl groups is 1. The largest absolute Gasteiger partial charge is 0.384 e. The molecule has 1 rings (SSSR count). The van der Waals surface area contributed by atoms with Crippen LogP contribution in [0.15, 0.2) is 23.3 Å². The summed E-state index contributed by atoms with van der Waals surface area (Å²) in [5.41, 5.74) is 2.06. The third kappa shape index (κ3) is 3.29. The normalized spacial score (nSPS) is 29.3. The summed E-state index contributed by atoms with van der Waals surface area (Å²) in [7, 11) is 4.18. The summed E-state index contributed by atoms with van der Waals surface area (Å²) in [6.07, 6.45) is 3.99. The molecule has 110 valence electrons. The summed E-state index contributed by atoms with van der Waals surface area (Å²) in [6.45, 7) is 15.2. The van der Waals surface area contributed by atoms with Crippen molar-refractivity contribution in [2.45, 2.75) is 60.1 Å². The van der Waals surface area contributed by atoms with Crippen LogP contribution in [-0.4, -0.2) is 35.7 Å². The fourth-order valence-electron chi connectivity index (χ4n) is 2.51. The minimum absolute atomic E-state index is 0.0263. The van der Waals surface area contributed by atoms with Gasteiger partial charge in [0.25, 0.3) is 0 Å². The van der Waals surface area contributed by atoms with Crippen LogP contribution in [0.5, 0.6) is 0 Å². The average Bonchev–Trinajstić information content (AvgIpc) is 2.17. The van der Waals surface area contributed by atoms with Crippen molar-refractivity contribution in [3.05, 3.63) is 23.3 Å². The van der Waals surface area contributed by atoms with Crippen molar-refractivity contribution >= 4 is 0 Å². The van der Waals surface area contributed by atoms with Crippen LogP contribution in [0, 0.1) is 10.8 Å². The Morgan fingerprint density at radius 3 is 1.47 bits per heavy atom. The van der Waals surface area contributed by atoms with Gasteiger partial charge in [-0.25, -0.2) is 0 Å². The Kier molecular flexibility index (Phi) is 4.11. The van der Waals surface area contributed by atoms with Crippen molar-refractivity contribution in [3.63, 3.8) is 0 Å². The van der Waals surface area contributed by atoms with Gasteiger partial charge < -0.3 is 5.11 Å². The van der Waals surface area contributed by atoms with Gasteiger partial charge in [-0.05, 0) is 43.0 Å². The van der Waals surface area contributed by atoms with E-state index in [1.54, 1.807) is 0 Å². The first-order valence-corrected chi connectivity index (χ1v) is 7.11. The molecule has 19 heavy (non-hydrogen) atoms. The lowest BCUT2D eigenvalue weighted by Gasteiger charge is -2.44. The molecule has 0 aromatic heterocycles. The second-order valence-electron chi connectivity index (χ2n) is 8.22. The van der Waals surface area contributed by atoms with Gasteiger partial charge in [-0.3, -0.25) is 4.90 Å². The highest BCUT2D eigenvalue weighted by molar-refractivity contribution is 5.42. The first kappa shape index (κ1) is 16.5. The number of nitrogens with zero attached hydrogens (tertiary/aromatic N) is 1. The van der Waals surface area contributed by atoms with Crippen LogP contribution in [0.25, 0.3) is 0 Å². The van der Waals surface area contributed by atoms with E-state index in [4.69, 9.17) is 0 Å². The number of likely N-dealkylation sites (N-methyl/N-ethyl adjacent to an activating group) is 1. The van der Waals surface area contributed by atoms with Gasteiger partial charge in [-0.2, -0.15) is 0 Å². The maximum Gasteiger partial charge on any atom is 0.0972 e. The molecule has 0 aromatic carbocycles. The van der Waals surface area contributed by atoms with Crippen LogP contribution in [-0.2, 0) is 0 Å². The van der Waals surface area contributed by atoms with Crippen molar-refractivity contribution < 1.29 is 5.11 Å². The number of rotatable bonds is 1. The molecular weight excluding hydrogens is 234 g/mol. The van der Waals surface area contributed by atoms with Gasteiger partial charge in [0.2, 0.25) is 0 Å². The second kappa shape index (κ2) is 4.75. The molecular formula is C17H31NO. The zero-order valence-corrected chi connectivity index (χ0v) is 14.1. The number of aliphatic hydroxyl groups excluding tert-OH is 1. The number of hydrogen-bond donors (Lipinski definition) is 1. The summed E-state index contributed by atoms with van der Waals surface area (Å²) in [5.74, 6) is 0. The van der Waals surface area contributed by atoms with Crippen molar-refractivity contribution in [1.29, 1.82) is 0 Å². The van der Waals surface area contributed by atoms with Crippen LogP contribution < -0.4 is 0 Å². The molecule has 0 aliphatic heterocycles. The van der Waals surface area contributed by atoms with E-state index < -0.39 is 6.10 Å². The summed E-state index contributed by atoms with van der Waals surface area (Å²) >= 11 is 0. The fraction of sp³-hybridized carbons (Fsp3) is 0.765. The molecule has 0 amide bonds. The van der Waals surface area contributed by atoms with Crippen LogP contribution >= 0.6 is 0 Å². The lowest BCUT2D eigenvalue weighted by molar-refractivity contribution is 0.173. The van der Waals surface area contributed by atoms with E-state index in [0.29, 0.717) is 0 Å². The Bertz CT molecular complexity index is 370. The van der Waals surface area contributed by atoms with Crippen LogP contribution in [0.4, 0.5) is 0 Å². The van der Waals surface area contributed by atoms with Crippen molar-refractivity contribution in [3.8, 4) is 0 Å². The standard InChI is InChI=1S/C17H31NO/c1-15(2,3)12-10-17(7,18(8)9)11-13(14(12)19)16(4,5)6/h10-11,14,19H,1-9H3. The zero-order valence-electron chi connectivity index (χ0n) is 14.1. The Morgan fingerprint density at radius 2 is 1.26 bits per heavy atom. The highest BCUT2D eigenvalue weighted by Crippen LogP contribution is 2.43. The average molecular weight is 265 g/mol. The van der Waals surface area contributed by atoms with E-state index in [1.807, 2.05) is 0 Å². The van der Waals surface area contributed by atoms with Crippen LogP contribution in [0.2, 0.25) is 0 Å². The lowest BCUT2D eigenvalue weighted by Crippen LogP contribution is -2.45. The van der Waals surface area contributed by atoms with Crippen molar-refractivity contribution in [1.82, 2.24) is 4.90 Å². The van der Waals surface area contributed by atoms with Gasteiger partial charge in [-0.15, -0.1) is 0 Å². The Hall–Kier alpha value is -0.600. The van der Waals surface area contributed by atoms with E-state index in [-0.39, 0.29) is 16.4 Å². The van der Waals surface area contributed by atoms with E-state index in [9.17, 15) is 5.11 Å². The monoisotopic (exact) mass is 265 g/mol. The molecule has 0 saturated carbocycles. The third-order valence-electron chi connectivity index (χ3n) is 4.18. The van der Waals surface area contributed by atoms with Gasteiger partial charge in [0.1, 0.15) is 0 Å². The molecule has 0 radical (unpaired) electrons. The molecule has 0 atom stereocenters. The van der Waals surface area contributed by atoms with E-state index in [2.05, 4.69) is 79.6 Å². The van der Waals surface area contributed by atoms with E-state index in [0.717, 1.165) is 11.1 Å². The minimum Gasteiger partial charge on any atom is -0.384 e. The zero-order chi connectivity index (χ0) is 15.2. The Labute approximate surface area is 119 Å². The first-order valence-electron chi connectivity index (χ1n) is 7.11. The van der Waals surface area contributed by atoms with Crippen molar-refractivity contribution in [2.75, 3.05) is 14.1 Å². The maximum atomic E-state index is 10.8. The maximum absolute atomic E-state index is 10.8. The molecule has 0 unspecified atom stereocenters. The summed E-state index contributed by atoms with van der Waals surface area (Å²) in [5, 5.41) is 10.8. The van der Waals surface area contributed by atoms with Crippen LogP contribution in [0.3, 0.4) is 0 Å². The molecule has 0 aromatic rings. The van der Waals surface area contributed by atoms with E-state index in [1.165, 1.54) is 0 Å². The second-order valence-corrected chi connectivity index (χ2v) is 8.22. The van der Waals surface area contributed by atoms with Gasteiger partial charge in [0.15, 0.2) is 0 Å². The van der Waals surface area contributed by atoms with Crippen molar-refractivity contribution in [2.24, 2.45) is 10.8 Å². The summed E-state index contributed by atoms with van der Waals surface area (Å²) in [4.78, 5) is 2.20. The molecule has 2 heteroatoms. The molecule has 1 N–H and O–H groups in total. The summed E-state index contributed by atoms with van der Waals surface area (Å²) in [6, 6.07) is 0. The topological polar surface area (TPSA) is 23.5 Å². The molecule has 1 aliphatic rings. The third-order valence-corrected chi connectivity index (χ3v) is 4.18. The van der Waals surface area contributed by atoms with Gasteiger partial charge in [0.05, 0.1) is 11.6 Å². The Balaban J connectivity index is 3.43. The molecule has 0 fully saturated rings. The smallest absolute Gasteiger partial charge is 0.0972 e. The predicted octanol–water partition coefficient (Wildman–Crippen LogP) is 3.63. The van der Waals surface area contributed by atoms with Gasteiger partial charge in [-0.1, -0.05) is 53.7 Å². The lowest BCUT2D eigenvalue weighted by atomic mass is 9.68. The molecule has 0 spiro atoms.